The summed E-state index contributed by atoms with van der Waals surface area (Å²) in [7, 11) is 0. The molecule has 0 radical (unpaired) electrons. The van der Waals surface area contributed by atoms with Crippen LogP contribution >= 0.6 is 0 Å². The van der Waals surface area contributed by atoms with Crippen LogP contribution < -0.4 is 0 Å². The SMILES string of the molecule is CC(C)(C)n1nc(C(F)(F)F)c2c1C(F)(F)C1C=CC21. The number of rotatable bonds is 0. The standard InChI is InChI=1S/C13H13F5N2/c1-11(2,3)20-10-8(9(19-20)13(16,17)18)6-4-5-7(6)12(10,14)15/h4-7H,1-3H3. The molecule has 0 fully saturated rings. The summed E-state index contributed by atoms with van der Waals surface area (Å²) in [5, 5.41) is 3.47. The molecule has 2 nitrogen and oxygen atoms in total. The van der Waals surface area contributed by atoms with E-state index in [2.05, 4.69) is 5.10 Å². The minimum absolute atomic E-state index is 0.357. The Labute approximate surface area is 112 Å². The lowest BCUT2D eigenvalue weighted by molar-refractivity contribution is -0.142. The van der Waals surface area contributed by atoms with Crippen molar-refractivity contribution in [3.05, 3.63) is 29.1 Å². The van der Waals surface area contributed by atoms with Gasteiger partial charge in [0, 0.05) is 11.5 Å². The van der Waals surface area contributed by atoms with Crippen LogP contribution in [0.3, 0.4) is 0 Å². The van der Waals surface area contributed by atoms with Crippen LogP contribution in [0, 0.1) is 5.92 Å². The van der Waals surface area contributed by atoms with Gasteiger partial charge in [-0.05, 0) is 20.8 Å². The minimum atomic E-state index is -4.73. The van der Waals surface area contributed by atoms with Crippen LogP contribution in [0.2, 0.25) is 0 Å². The van der Waals surface area contributed by atoms with Crippen molar-refractivity contribution in [2.45, 2.75) is 44.3 Å². The minimum Gasteiger partial charge on any atom is -0.257 e. The van der Waals surface area contributed by atoms with E-state index in [4.69, 9.17) is 0 Å². The molecule has 0 amide bonds. The highest BCUT2D eigenvalue weighted by Crippen LogP contribution is 2.61. The molecule has 2 atom stereocenters. The number of hydrogen-bond donors (Lipinski definition) is 0. The molecule has 2 unspecified atom stereocenters. The van der Waals surface area contributed by atoms with Gasteiger partial charge in [-0.25, -0.2) is 0 Å². The van der Waals surface area contributed by atoms with E-state index in [0.717, 1.165) is 4.68 Å². The lowest BCUT2D eigenvalue weighted by atomic mass is 9.81. The second-order valence-electron chi connectivity index (χ2n) is 6.25. The number of allylic oxidation sites excluding steroid dienone is 2. The Bertz CT molecular complexity index is 604. The van der Waals surface area contributed by atoms with Gasteiger partial charge in [0.25, 0.3) is 5.92 Å². The van der Waals surface area contributed by atoms with E-state index in [9.17, 15) is 22.0 Å². The van der Waals surface area contributed by atoms with Crippen LogP contribution in [0.15, 0.2) is 12.2 Å². The largest absolute Gasteiger partial charge is 0.435 e. The fraction of sp³-hybridized carbons (Fsp3) is 0.615. The third-order valence-corrected chi connectivity index (χ3v) is 3.81. The highest BCUT2D eigenvalue weighted by atomic mass is 19.4. The second-order valence-corrected chi connectivity index (χ2v) is 6.25. The Morgan fingerprint density at radius 3 is 2.15 bits per heavy atom. The molecule has 2 aliphatic carbocycles. The smallest absolute Gasteiger partial charge is 0.257 e. The van der Waals surface area contributed by atoms with Gasteiger partial charge in [0.2, 0.25) is 0 Å². The van der Waals surface area contributed by atoms with Crippen molar-refractivity contribution >= 4 is 0 Å². The summed E-state index contributed by atoms with van der Waals surface area (Å²) in [6.45, 7) is 4.68. The molecule has 0 bridgehead atoms. The predicted molar refractivity (Wildman–Crippen MR) is 61.5 cm³/mol. The van der Waals surface area contributed by atoms with Crippen molar-refractivity contribution in [2.24, 2.45) is 5.92 Å². The van der Waals surface area contributed by atoms with Crippen molar-refractivity contribution in [3.63, 3.8) is 0 Å². The van der Waals surface area contributed by atoms with Gasteiger partial charge >= 0.3 is 6.18 Å². The number of fused-ring (bicyclic) bond motifs is 3. The molecule has 7 heteroatoms. The van der Waals surface area contributed by atoms with Gasteiger partial charge in [0.05, 0.1) is 11.5 Å². The fourth-order valence-corrected chi connectivity index (χ4v) is 2.87. The van der Waals surface area contributed by atoms with Gasteiger partial charge in [-0.1, -0.05) is 12.2 Å². The normalized spacial score (nSPS) is 27.2. The summed E-state index contributed by atoms with van der Waals surface area (Å²) in [4.78, 5) is 0. The van der Waals surface area contributed by atoms with Crippen molar-refractivity contribution in [1.29, 1.82) is 0 Å². The molecule has 1 aromatic rings. The summed E-state index contributed by atoms with van der Waals surface area (Å²) in [5.74, 6) is -5.36. The van der Waals surface area contributed by atoms with E-state index in [1.165, 1.54) is 12.2 Å². The van der Waals surface area contributed by atoms with Crippen LogP contribution in [0.4, 0.5) is 22.0 Å². The third kappa shape index (κ3) is 1.52. The first-order valence-corrected chi connectivity index (χ1v) is 6.23. The fourth-order valence-electron chi connectivity index (χ4n) is 2.87. The van der Waals surface area contributed by atoms with E-state index in [-0.39, 0.29) is 5.56 Å². The Balaban J connectivity index is 2.32. The van der Waals surface area contributed by atoms with Gasteiger partial charge in [-0.3, -0.25) is 4.68 Å². The molecule has 0 saturated carbocycles. The molecule has 0 spiro atoms. The molecule has 2 aliphatic rings. The second kappa shape index (κ2) is 3.43. The van der Waals surface area contributed by atoms with Crippen LogP contribution in [0.5, 0.6) is 0 Å². The number of aromatic nitrogens is 2. The van der Waals surface area contributed by atoms with E-state index in [1.807, 2.05) is 0 Å². The molecule has 20 heavy (non-hydrogen) atoms. The lowest BCUT2D eigenvalue weighted by Gasteiger charge is -2.30. The third-order valence-electron chi connectivity index (χ3n) is 3.81. The van der Waals surface area contributed by atoms with Crippen LogP contribution in [-0.2, 0) is 17.6 Å². The van der Waals surface area contributed by atoms with Crippen LogP contribution in [0.25, 0.3) is 0 Å². The first kappa shape index (κ1) is 13.6. The Kier molecular flexibility index (Phi) is 2.33. The number of hydrogen-bond acceptors (Lipinski definition) is 1. The van der Waals surface area contributed by atoms with E-state index >= 15 is 0 Å². The number of alkyl halides is 5. The molecular weight excluding hydrogens is 279 g/mol. The van der Waals surface area contributed by atoms with Crippen molar-refractivity contribution in [3.8, 4) is 0 Å². The lowest BCUT2D eigenvalue weighted by Crippen LogP contribution is -2.33. The van der Waals surface area contributed by atoms with E-state index in [0.29, 0.717) is 0 Å². The van der Waals surface area contributed by atoms with Gasteiger partial charge in [0.15, 0.2) is 5.69 Å². The zero-order valence-electron chi connectivity index (χ0n) is 11.1. The highest BCUT2D eigenvalue weighted by Gasteiger charge is 2.62. The number of nitrogens with zero attached hydrogens (tertiary/aromatic N) is 2. The maximum atomic E-state index is 14.3. The molecule has 0 aliphatic heterocycles. The molecule has 1 aromatic heterocycles. The summed E-state index contributed by atoms with van der Waals surface area (Å²) in [6, 6.07) is 0. The Morgan fingerprint density at radius 2 is 1.75 bits per heavy atom. The summed E-state index contributed by atoms with van der Waals surface area (Å²) < 4.78 is 68.8. The first-order valence-electron chi connectivity index (χ1n) is 6.23. The van der Waals surface area contributed by atoms with Crippen LogP contribution in [0.1, 0.15) is 43.6 Å². The summed E-state index contributed by atoms with van der Waals surface area (Å²) in [5.41, 5.74) is -3.07. The topological polar surface area (TPSA) is 17.8 Å². The van der Waals surface area contributed by atoms with Crippen LogP contribution in [-0.4, -0.2) is 9.78 Å². The molecule has 3 rings (SSSR count). The molecule has 0 aromatic carbocycles. The molecule has 0 N–H and O–H groups in total. The van der Waals surface area contributed by atoms with Gasteiger partial charge in [-0.15, -0.1) is 0 Å². The molecular formula is C13H13F5N2. The average molecular weight is 292 g/mol. The molecule has 1 heterocycles. The maximum Gasteiger partial charge on any atom is 0.435 e. The number of halogens is 5. The quantitative estimate of drug-likeness (QED) is 0.521. The van der Waals surface area contributed by atoms with E-state index in [1.54, 1.807) is 20.8 Å². The maximum absolute atomic E-state index is 14.3. The Morgan fingerprint density at radius 1 is 1.15 bits per heavy atom. The molecule has 0 saturated heterocycles. The monoisotopic (exact) mass is 292 g/mol. The van der Waals surface area contributed by atoms with Crippen molar-refractivity contribution in [2.75, 3.05) is 0 Å². The van der Waals surface area contributed by atoms with Gasteiger partial charge in [0.1, 0.15) is 5.69 Å². The predicted octanol–water partition coefficient (Wildman–Crippen LogP) is 4.03. The van der Waals surface area contributed by atoms with Crippen molar-refractivity contribution in [1.82, 2.24) is 9.78 Å². The Hall–Kier alpha value is -1.40. The summed E-state index contributed by atoms with van der Waals surface area (Å²) in [6.07, 6.45) is -2.05. The zero-order chi connectivity index (χ0) is 15.1. The van der Waals surface area contributed by atoms with Gasteiger partial charge in [-0.2, -0.15) is 27.1 Å². The van der Waals surface area contributed by atoms with Gasteiger partial charge < -0.3 is 0 Å². The van der Waals surface area contributed by atoms with E-state index < -0.39 is 40.9 Å². The highest BCUT2D eigenvalue weighted by molar-refractivity contribution is 5.49. The summed E-state index contributed by atoms with van der Waals surface area (Å²) >= 11 is 0. The van der Waals surface area contributed by atoms with Crippen molar-refractivity contribution < 1.29 is 22.0 Å². The average Bonchev–Trinajstić information content (AvgIpc) is 2.58. The molecule has 110 valence electrons. The zero-order valence-corrected chi connectivity index (χ0v) is 11.1. The first-order chi connectivity index (χ1) is 8.95.